The van der Waals surface area contributed by atoms with Gasteiger partial charge in [0.15, 0.2) is 23.5 Å². The number of aromatic hydroxyl groups is 1. The van der Waals surface area contributed by atoms with Gasteiger partial charge in [0.05, 0.1) is 19.3 Å². The van der Waals surface area contributed by atoms with Gasteiger partial charge >= 0.3 is 0 Å². The molecule has 27 heavy (non-hydrogen) atoms. The smallest absolute Gasteiger partial charge is 0.276 e. The molecule has 2 aliphatic heterocycles. The molecule has 2 aliphatic rings. The van der Waals surface area contributed by atoms with E-state index in [4.69, 9.17) is 4.74 Å². The minimum Gasteiger partial charge on any atom is -0.503 e. The third kappa shape index (κ3) is 2.83. The Morgan fingerprint density at radius 3 is 2.93 bits per heavy atom. The number of hydrogen-bond acceptors (Lipinski definition) is 7. The van der Waals surface area contributed by atoms with E-state index < -0.39 is 29.2 Å². The first kappa shape index (κ1) is 17.2. The summed E-state index contributed by atoms with van der Waals surface area (Å²) in [4.78, 5) is 47.0. The van der Waals surface area contributed by atoms with E-state index in [9.17, 15) is 19.5 Å². The molecule has 2 aromatic rings. The molecule has 4 heterocycles. The van der Waals surface area contributed by atoms with E-state index in [0.717, 1.165) is 0 Å². The fraction of sp³-hybridized carbons (Fsp3) is 0.353. The van der Waals surface area contributed by atoms with Crippen LogP contribution in [0.1, 0.15) is 34.2 Å². The molecule has 0 bridgehead atoms. The second kappa shape index (κ2) is 6.47. The van der Waals surface area contributed by atoms with Crippen molar-refractivity contribution < 1.29 is 19.4 Å². The first-order valence-electron chi connectivity index (χ1n) is 8.45. The average molecular weight is 371 g/mol. The molecule has 0 spiro atoms. The lowest BCUT2D eigenvalue weighted by Crippen LogP contribution is -2.57. The predicted octanol–water partition coefficient (Wildman–Crippen LogP) is 0.187. The van der Waals surface area contributed by atoms with Crippen LogP contribution in [-0.2, 0) is 11.3 Å². The van der Waals surface area contributed by atoms with Crippen LogP contribution in [0, 0.1) is 0 Å². The Morgan fingerprint density at radius 2 is 2.19 bits per heavy atom. The van der Waals surface area contributed by atoms with Gasteiger partial charge in [-0.3, -0.25) is 19.4 Å². The lowest BCUT2D eigenvalue weighted by atomic mass is 10.1. The molecule has 0 aromatic carbocycles. The highest BCUT2D eigenvalue weighted by molar-refractivity contribution is 6.05. The van der Waals surface area contributed by atoms with Gasteiger partial charge in [-0.15, -0.1) is 0 Å². The van der Waals surface area contributed by atoms with Crippen LogP contribution >= 0.6 is 0 Å². The Bertz CT molecular complexity index is 974. The number of carbonyl (C=O) groups excluding carboxylic acids is 2. The van der Waals surface area contributed by atoms with Crippen LogP contribution in [0.2, 0.25) is 0 Å². The van der Waals surface area contributed by atoms with Gasteiger partial charge in [-0.2, -0.15) is 0 Å². The van der Waals surface area contributed by atoms with Gasteiger partial charge in [0, 0.05) is 24.6 Å². The summed E-state index contributed by atoms with van der Waals surface area (Å²) in [5.41, 5.74) is -1.35. The van der Waals surface area contributed by atoms with Crippen molar-refractivity contribution in [2.24, 2.45) is 0 Å². The fourth-order valence-electron chi connectivity index (χ4n) is 3.37. The Kier molecular flexibility index (Phi) is 4.11. The molecule has 2 N–H and O–H groups in total. The van der Waals surface area contributed by atoms with Crippen molar-refractivity contribution in [2.75, 3.05) is 11.9 Å². The van der Waals surface area contributed by atoms with Gasteiger partial charge in [-0.25, -0.2) is 4.98 Å². The highest BCUT2D eigenvalue weighted by Crippen LogP contribution is 2.29. The van der Waals surface area contributed by atoms with Crippen LogP contribution in [0.3, 0.4) is 0 Å². The minimum atomic E-state index is -0.917. The molecule has 4 rings (SSSR count). The lowest BCUT2D eigenvalue weighted by Gasteiger charge is -2.44. The SMILES string of the molecule is C[C@@H]1CCOC2Cn3cc(C(=O)Nc4cnccn4)c(=O)c(O)c3C(=O)N21. The summed E-state index contributed by atoms with van der Waals surface area (Å²) in [6.07, 6.45) is 5.59. The number of anilines is 1. The molecular weight excluding hydrogens is 354 g/mol. The number of pyridine rings is 1. The molecule has 140 valence electrons. The molecule has 10 nitrogen and oxygen atoms in total. The van der Waals surface area contributed by atoms with Crippen LogP contribution < -0.4 is 10.7 Å². The van der Waals surface area contributed by atoms with Crippen LogP contribution in [0.25, 0.3) is 0 Å². The Hall–Kier alpha value is -3.27. The molecule has 2 amide bonds. The normalized spacial score (nSPS) is 21.4. The summed E-state index contributed by atoms with van der Waals surface area (Å²) >= 11 is 0. The third-order valence-corrected chi connectivity index (χ3v) is 4.73. The van der Waals surface area contributed by atoms with E-state index >= 15 is 0 Å². The monoisotopic (exact) mass is 371 g/mol. The van der Waals surface area contributed by atoms with E-state index in [-0.39, 0.29) is 29.7 Å². The molecule has 0 saturated carbocycles. The molecule has 1 fully saturated rings. The Morgan fingerprint density at radius 1 is 1.37 bits per heavy atom. The summed E-state index contributed by atoms with van der Waals surface area (Å²) in [5, 5.41) is 12.8. The van der Waals surface area contributed by atoms with Gasteiger partial charge in [0.1, 0.15) is 5.56 Å². The average Bonchev–Trinajstić information content (AvgIpc) is 2.65. The topological polar surface area (TPSA) is 127 Å². The van der Waals surface area contributed by atoms with Gasteiger partial charge in [-0.05, 0) is 13.3 Å². The number of nitrogens with zero attached hydrogens (tertiary/aromatic N) is 4. The summed E-state index contributed by atoms with van der Waals surface area (Å²) in [6.45, 7) is 2.61. The predicted molar refractivity (Wildman–Crippen MR) is 92.3 cm³/mol. The summed E-state index contributed by atoms with van der Waals surface area (Å²) in [7, 11) is 0. The van der Waals surface area contributed by atoms with Gasteiger partial charge < -0.3 is 24.6 Å². The van der Waals surface area contributed by atoms with Gasteiger partial charge in [0.25, 0.3) is 11.8 Å². The second-order valence-electron chi connectivity index (χ2n) is 6.44. The maximum absolute atomic E-state index is 12.8. The van der Waals surface area contributed by atoms with Gasteiger partial charge in [-0.1, -0.05) is 0 Å². The molecule has 0 aliphatic carbocycles. The summed E-state index contributed by atoms with van der Waals surface area (Å²) < 4.78 is 7.04. The molecule has 1 saturated heterocycles. The molecular formula is C17H17N5O5. The fourth-order valence-corrected chi connectivity index (χ4v) is 3.37. The number of aromatic nitrogens is 3. The number of ether oxygens (including phenoxy) is 1. The van der Waals surface area contributed by atoms with Crippen molar-refractivity contribution in [2.45, 2.75) is 32.2 Å². The van der Waals surface area contributed by atoms with Crippen molar-refractivity contribution in [3.8, 4) is 5.75 Å². The minimum absolute atomic E-state index is 0.0702. The van der Waals surface area contributed by atoms with Crippen LogP contribution in [0.4, 0.5) is 5.82 Å². The summed E-state index contributed by atoms with van der Waals surface area (Å²) in [5.74, 6) is -1.83. The number of fused-ring (bicyclic) bond motifs is 2. The van der Waals surface area contributed by atoms with Crippen molar-refractivity contribution in [1.82, 2.24) is 19.4 Å². The van der Waals surface area contributed by atoms with E-state index in [1.54, 1.807) is 0 Å². The number of rotatable bonds is 2. The Balaban J connectivity index is 1.73. The van der Waals surface area contributed by atoms with Crippen molar-refractivity contribution in [3.05, 3.63) is 46.3 Å². The zero-order valence-electron chi connectivity index (χ0n) is 14.5. The molecule has 2 atom stereocenters. The number of carbonyl (C=O) groups is 2. The number of hydrogen-bond donors (Lipinski definition) is 2. The highest BCUT2D eigenvalue weighted by atomic mass is 16.5. The first-order valence-corrected chi connectivity index (χ1v) is 8.45. The summed E-state index contributed by atoms with van der Waals surface area (Å²) in [6, 6.07) is -0.0702. The third-order valence-electron chi connectivity index (χ3n) is 4.73. The number of nitrogens with one attached hydrogen (secondary N) is 1. The maximum Gasteiger partial charge on any atom is 0.276 e. The maximum atomic E-state index is 12.8. The largest absolute Gasteiger partial charge is 0.503 e. The molecule has 2 aromatic heterocycles. The highest BCUT2D eigenvalue weighted by Gasteiger charge is 2.41. The van der Waals surface area contributed by atoms with E-state index in [1.165, 1.54) is 34.3 Å². The standard InChI is InChI=1S/C17H17N5O5/c1-9-2-5-27-12-8-21-7-10(16(25)20-11-6-18-3-4-19-11)14(23)15(24)13(21)17(26)22(9)12/h3-4,6-7,9,12,24H,2,5,8H2,1H3,(H,19,20,25)/t9-,12?/m1/s1. The zero-order chi connectivity index (χ0) is 19.1. The zero-order valence-corrected chi connectivity index (χ0v) is 14.5. The van der Waals surface area contributed by atoms with Crippen molar-refractivity contribution >= 4 is 17.6 Å². The first-order chi connectivity index (χ1) is 13.0. The number of amides is 2. The van der Waals surface area contributed by atoms with Crippen molar-refractivity contribution in [3.63, 3.8) is 0 Å². The van der Waals surface area contributed by atoms with E-state index in [1.807, 2.05) is 6.92 Å². The molecule has 1 unspecified atom stereocenters. The van der Waals surface area contributed by atoms with Crippen LogP contribution in [0.5, 0.6) is 5.75 Å². The van der Waals surface area contributed by atoms with Crippen LogP contribution in [-0.4, -0.2) is 55.2 Å². The Labute approximate surface area is 153 Å². The van der Waals surface area contributed by atoms with Crippen LogP contribution in [0.15, 0.2) is 29.6 Å². The van der Waals surface area contributed by atoms with Crippen molar-refractivity contribution in [1.29, 1.82) is 0 Å². The lowest BCUT2D eigenvalue weighted by molar-refractivity contribution is -0.112. The quantitative estimate of drug-likeness (QED) is 0.771. The van der Waals surface area contributed by atoms with E-state index in [0.29, 0.717) is 13.0 Å². The van der Waals surface area contributed by atoms with E-state index in [2.05, 4.69) is 15.3 Å². The molecule has 0 radical (unpaired) electrons. The second-order valence-corrected chi connectivity index (χ2v) is 6.44. The molecule has 10 heteroatoms. The van der Waals surface area contributed by atoms with Gasteiger partial charge in [0.2, 0.25) is 5.43 Å².